The van der Waals surface area contributed by atoms with Crippen molar-refractivity contribution in [2.75, 3.05) is 0 Å². The van der Waals surface area contributed by atoms with Crippen molar-refractivity contribution >= 4 is 23.3 Å². The minimum absolute atomic E-state index is 0.107. The second-order valence-corrected chi connectivity index (χ2v) is 5.46. The molecule has 0 saturated heterocycles. The molecule has 0 radical (unpaired) electrons. The predicted molar refractivity (Wildman–Crippen MR) is 74.7 cm³/mol. The monoisotopic (exact) mass is 285 g/mol. The van der Waals surface area contributed by atoms with Crippen molar-refractivity contribution in [3.8, 4) is 0 Å². The van der Waals surface area contributed by atoms with E-state index in [9.17, 15) is 9.59 Å². The van der Waals surface area contributed by atoms with Crippen LogP contribution in [0.3, 0.4) is 0 Å². The van der Waals surface area contributed by atoms with Crippen LogP contribution in [0.5, 0.6) is 0 Å². The van der Waals surface area contributed by atoms with Gasteiger partial charge in [0.1, 0.15) is 6.33 Å². The Bertz CT molecular complexity index is 761. The van der Waals surface area contributed by atoms with Crippen molar-refractivity contribution in [2.24, 2.45) is 7.05 Å². The number of allylic oxidation sites excluding steroid dienone is 2. The maximum absolute atomic E-state index is 12.5. The van der Waals surface area contributed by atoms with Crippen LogP contribution in [0.4, 0.5) is 0 Å². The number of thioether (sulfide) groups is 1. The van der Waals surface area contributed by atoms with Crippen LogP contribution in [-0.4, -0.2) is 26.3 Å². The molecule has 0 amide bonds. The summed E-state index contributed by atoms with van der Waals surface area (Å²) >= 11 is 1.18. The molecular formula is C14H11N3O2S. The van der Waals surface area contributed by atoms with Crippen LogP contribution in [-0.2, 0) is 7.05 Å². The lowest BCUT2D eigenvalue weighted by atomic mass is 9.90. The zero-order valence-electron chi connectivity index (χ0n) is 11.0. The minimum Gasteiger partial charge on any atom is -0.311 e. The third kappa shape index (κ3) is 1.89. The summed E-state index contributed by atoms with van der Waals surface area (Å²) in [5, 5.41) is 8.30. The molecule has 5 nitrogen and oxygen atoms in total. The van der Waals surface area contributed by atoms with Gasteiger partial charge in [0.25, 0.3) is 0 Å². The number of Topliss-reactive ketones (excluding diaryl/α,β-unsaturated/α-hetero) is 2. The predicted octanol–water partition coefficient (Wildman–Crippen LogP) is 2.26. The van der Waals surface area contributed by atoms with Crippen LogP contribution in [0.2, 0.25) is 0 Å². The number of aryl methyl sites for hydroxylation is 1. The second kappa shape index (κ2) is 4.72. The highest BCUT2D eigenvalue weighted by molar-refractivity contribution is 8.04. The topological polar surface area (TPSA) is 64.8 Å². The lowest BCUT2D eigenvalue weighted by Gasteiger charge is -2.17. The van der Waals surface area contributed by atoms with E-state index in [-0.39, 0.29) is 11.6 Å². The molecule has 6 heteroatoms. The van der Waals surface area contributed by atoms with E-state index in [0.29, 0.717) is 26.8 Å². The number of nitrogens with zero attached hydrogens (tertiary/aromatic N) is 3. The Hall–Kier alpha value is -2.21. The molecule has 1 aliphatic rings. The van der Waals surface area contributed by atoms with Gasteiger partial charge in [-0.3, -0.25) is 9.59 Å². The summed E-state index contributed by atoms with van der Waals surface area (Å²) in [6.45, 7) is 1.68. The van der Waals surface area contributed by atoms with Gasteiger partial charge >= 0.3 is 0 Å². The Morgan fingerprint density at radius 1 is 1.10 bits per heavy atom. The number of carbonyl (C=O) groups excluding carboxylic acids is 2. The first-order chi connectivity index (χ1) is 9.59. The molecule has 0 fully saturated rings. The van der Waals surface area contributed by atoms with Gasteiger partial charge in [-0.1, -0.05) is 24.3 Å². The molecule has 2 aromatic rings. The van der Waals surface area contributed by atoms with Gasteiger partial charge < -0.3 is 4.57 Å². The van der Waals surface area contributed by atoms with Crippen LogP contribution in [0.15, 0.2) is 46.2 Å². The maximum Gasteiger partial charge on any atom is 0.200 e. The fourth-order valence-corrected chi connectivity index (χ4v) is 2.97. The molecule has 20 heavy (non-hydrogen) atoms. The minimum atomic E-state index is -0.134. The average molecular weight is 285 g/mol. The standard InChI is InChI=1S/C14H11N3O2S/c1-8-11(18)9-5-3-4-6-10(9)12(19)13(8)20-14-16-15-7-17(14)2/h3-7H,1-2H3. The number of hydrogen-bond donors (Lipinski definition) is 0. The highest BCUT2D eigenvalue weighted by atomic mass is 32.2. The highest BCUT2D eigenvalue weighted by Gasteiger charge is 2.30. The zero-order valence-corrected chi connectivity index (χ0v) is 11.8. The van der Waals surface area contributed by atoms with E-state index in [2.05, 4.69) is 10.2 Å². The summed E-state index contributed by atoms with van der Waals surface area (Å²) in [4.78, 5) is 25.3. The summed E-state index contributed by atoms with van der Waals surface area (Å²) < 4.78 is 1.71. The van der Waals surface area contributed by atoms with E-state index in [1.54, 1.807) is 49.1 Å². The first-order valence-electron chi connectivity index (χ1n) is 6.00. The summed E-state index contributed by atoms with van der Waals surface area (Å²) in [5.41, 5.74) is 1.38. The van der Waals surface area contributed by atoms with Crippen LogP contribution >= 0.6 is 11.8 Å². The average Bonchev–Trinajstić information content (AvgIpc) is 2.86. The smallest absolute Gasteiger partial charge is 0.200 e. The molecule has 0 aliphatic heterocycles. The Labute approximate surface area is 119 Å². The van der Waals surface area contributed by atoms with Gasteiger partial charge in [0, 0.05) is 23.7 Å². The molecule has 0 unspecified atom stereocenters. The van der Waals surface area contributed by atoms with Gasteiger partial charge in [0.05, 0.1) is 4.91 Å². The van der Waals surface area contributed by atoms with Crippen molar-refractivity contribution in [1.82, 2.24) is 14.8 Å². The van der Waals surface area contributed by atoms with E-state index in [1.165, 1.54) is 11.8 Å². The van der Waals surface area contributed by atoms with Crippen LogP contribution in [0, 0.1) is 0 Å². The zero-order chi connectivity index (χ0) is 14.3. The van der Waals surface area contributed by atoms with Crippen molar-refractivity contribution in [3.05, 3.63) is 52.2 Å². The molecule has 100 valence electrons. The van der Waals surface area contributed by atoms with Crippen LogP contribution < -0.4 is 0 Å². The van der Waals surface area contributed by atoms with Gasteiger partial charge in [-0.05, 0) is 18.7 Å². The van der Waals surface area contributed by atoms with Gasteiger partial charge in [-0.15, -0.1) is 10.2 Å². The van der Waals surface area contributed by atoms with Gasteiger partial charge in [-0.25, -0.2) is 0 Å². The molecular weight excluding hydrogens is 274 g/mol. The van der Waals surface area contributed by atoms with E-state index in [1.807, 2.05) is 0 Å². The molecule has 0 N–H and O–H groups in total. The summed E-state index contributed by atoms with van der Waals surface area (Å²) in [7, 11) is 1.79. The van der Waals surface area contributed by atoms with E-state index >= 15 is 0 Å². The lowest BCUT2D eigenvalue weighted by molar-refractivity contribution is 0.0981. The van der Waals surface area contributed by atoms with Crippen LogP contribution in [0.25, 0.3) is 0 Å². The van der Waals surface area contributed by atoms with E-state index in [4.69, 9.17) is 0 Å². The molecule has 1 aromatic carbocycles. The normalized spacial score (nSPS) is 14.7. The molecule has 0 spiro atoms. The molecule has 1 aliphatic carbocycles. The summed E-state index contributed by atoms with van der Waals surface area (Å²) in [5.74, 6) is -0.240. The van der Waals surface area contributed by atoms with Crippen LogP contribution in [0.1, 0.15) is 27.6 Å². The Morgan fingerprint density at radius 2 is 1.75 bits per heavy atom. The maximum atomic E-state index is 12.5. The van der Waals surface area contributed by atoms with E-state index in [0.717, 1.165) is 0 Å². The molecule has 3 rings (SSSR count). The number of aromatic nitrogens is 3. The molecule has 0 atom stereocenters. The molecule has 0 saturated carbocycles. The Kier molecular flexibility index (Phi) is 3.02. The number of carbonyl (C=O) groups is 2. The molecule has 1 aromatic heterocycles. The van der Waals surface area contributed by atoms with Gasteiger partial charge in [0.2, 0.25) is 5.78 Å². The van der Waals surface area contributed by atoms with Gasteiger partial charge in [-0.2, -0.15) is 0 Å². The van der Waals surface area contributed by atoms with Crippen molar-refractivity contribution < 1.29 is 9.59 Å². The van der Waals surface area contributed by atoms with Crippen molar-refractivity contribution in [1.29, 1.82) is 0 Å². The number of fused-ring (bicyclic) bond motifs is 1. The van der Waals surface area contributed by atoms with Crippen molar-refractivity contribution in [2.45, 2.75) is 12.1 Å². The Balaban J connectivity index is 2.08. The number of ketones is 2. The number of benzene rings is 1. The quantitative estimate of drug-likeness (QED) is 0.846. The fourth-order valence-electron chi connectivity index (χ4n) is 2.06. The lowest BCUT2D eigenvalue weighted by Crippen LogP contribution is -2.19. The SMILES string of the molecule is CC1=C(Sc2nncn2C)C(=O)c2ccccc2C1=O. The summed E-state index contributed by atoms with van der Waals surface area (Å²) in [6.07, 6.45) is 1.56. The fraction of sp³-hybridized carbons (Fsp3) is 0.143. The van der Waals surface area contributed by atoms with Gasteiger partial charge in [0.15, 0.2) is 10.9 Å². The second-order valence-electron chi connectivity index (χ2n) is 4.48. The molecule has 1 heterocycles. The van der Waals surface area contributed by atoms with Crippen molar-refractivity contribution in [3.63, 3.8) is 0 Å². The largest absolute Gasteiger partial charge is 0.311 e. The number of hydrogen-bond acceptors (Lipinski definition) is 5. The first-order valence-corrected chi connectivity index (χ1v) is 6.82. The highest BCUT2D eigenvalue weighted by Crippen LogP contribution is 2.35. The number of rotatable bonds is 2. The third-order valence-electron chi connectivity index (χ3n) is 3.17. The third-order valence-corrected chi connectivity index (χ3v) is 4.41. The summed E-state index contributed by atoms with van der Waals surface area (Å²) in [6, 6.07) is 6.88. The van der Waals surface area contributed by atoms with E-state index < -0.39 is 0 Å². The molecule has 0 bridgehead atoms. The Morgan fingerprint density at radius 3 is 2.35 bits per heavy atom. The first kappa shape index (κ1) is 12.8.